The van der Waals surface area contributed by atoms with Gasteiger partial charge in [0.2, 0.25) is 0 Å². The smallest absolute Gasteiger partial charge is 0.549 e. The SMILES string of the molecule is CC(C)(C(=O)[O-])c1cn2nc(NCCCN3CCC(OC(c4ccccc4)c4ccccc4)CC3)ccc2n1.[Na+]. The number of piperidine rings is 1. The van der Waals surface area contributed by atoms with Crippen LogP contribution in [0.5, 0.6) is 0 Å². The summed E-state index contributed by atoms with van der Waals surface area (Å²) in [4.78, 5) is 18.3. The van der Waals surface area contributed by atoms with Crippen molar-refractivity contribution in [2.75, 3.05) is 31.5 Å². The van der Waals surface area contributed by atoms with Crippen molar-refractivity contribution in [3.63, 3.8) is 0 Å². The second-order valence-electron chi connectivity index (χ2n) is 10.7. The summed E-state index contributed by atoms with van der Waals surface area (Å²) < 4.78 is 8.29. The van der Waals surface area contributed by atoms with Crippen molar-refractivity contribution in [1.82, 2.24) is 19.5 Å². The van der Waals surface area contributed by atoms with Crippen LogP contribution in [0.25, 0.3) is 5.65 Å². The number of fused-ring (bicyclic) bond motifs is 1. The monoisotopic (exact) mass is 549 g/mol. The number of imidazole rings is 1. The minimum absolute atomic E-state index is 0. The summed E-state index contributed by atoms with van der Waals surface area (Å²) in [6, 6.07) is 24.7. The van der Waals surface area contributed by atoms with Crippen LogP contribution in [-0.4, -0.2) is 57.8 Å². The van der Waals surface area contributed by atoms with Crippen LogP contribution in [0.2, 0.25) is 0 Å². The van der Waals surface area contributed by atoms with Crippen molar-refractivity contribution in [2.45, 2.75) is 50.7 Å². The molecule has 0 bridgehead atoms. The van der Waals surface area contributed by atoms with E-state index in [0.717, 1.165) is 51.3 Å². The number of hydrogen-bond acceptors (Lipinski definition) is 7. The van der Waals surface area contributed by atoms with E-state index in [9.17, 15) is 9.90 Å². The van der Waals surface area contributed by atoms with Gasteiger partial charge in [0.05, 0.1) is 24.0 Å². The predicted octanol–water partition coefficient (Wildman–Crippen LogP) is 0.833. The Labute approximate surface area is 258 Å². The molecule has 1 fully saturated rings. The molecule has 40 heavy (non-hydrogen) atoms. The van der Waals surface area contributed by atoms with Gasteiger partial charge in [-0.3, -0.25) is 0 Å². The number of aromatic nitrogens is 3. The maximum atomic E-state index is 11.4. The van der Waals surface area contributed by atoms with E-state index in [0.29, 0.717) is 11.3 Å². The molecule has 5 rings (SSSR count). The molecule has 1 saturated heterocycles. The van der Waals surface area contributed by atoms with Crippen LogP contribution in [0.4, 0.5) is 5.82 Å². The molecular weight excluding hydrogens is 513 g/mol. The van der Waals surface area contributed by atoms with E-state index in [1.165, 1.54) is 11.1 Å². The first kappa shape index (κ1) is 30.2. The fourth-order valence-electron chi connectivity index (χ4n) is 4.97. The van der Waals surface area contributed by atoms with Gasteiger partial charge in [-0.25, -0.2) is 9.50 Å². The number of benzene rings is 2. The molecule has 0 atom stereocenters. The fraction of sp³-hybridized carbons (Fsp3) is 0.387. The van der Waals surface area contributed by atoms with Crippen molar-refractivity contribution >= 4 is 17.4 Å². The van der Waals surface area contributed by atoms with Gasteiger partial charge in [0, 0.05) is 25.0 Å². The molecule has 4 aromatic rings. The molecule has 2 aromatic carbocycles. The largest absolute Gasteiger partial charge is 1.00 e. The Balaban J connectivity index is 0.00000370. The molecule has 9 heteroatoms. The molecule has 0 saturated carbocycles. The van der Waals surface area contributed by atoms with Crippen LogP contribution < -0.4 is 40.0 Å². The quantitative estimate of drug-likeness (QED) is 0.219. The Kier molecular flexibility index (Phi) is 10.4. The summed E-state index contributed by atoms with van der Waals surface area (Å²) in [6.45, 7) is 7.03. The summed E-state index contributed by atoms with van der Waals surface area (Å²) in [5.41, 5.74) is 2.25. The van der Waals surface area contributed by atoms with Crippen molar-refractivity contribution in [1.29, 1.82) is 0 Å². The van der Waals surface area contributed by atoms with Crippen molar-refractivity contribution in [3.05, 3.63) is 95.8 Å². The van der Waals surface area contributed by atoms with Gasteiger partial charge < -0.3 is 24.9 Å². The zero-order chi connectivity index (χ0) is 27.2. The molecule has 0 amide bonds. The Morgan fingerprint density at radius 3 is 2.25 bits per heavy atom. The Morgan fingerprint density at radius 2 is 1.65 bits per heavy atom. The number of likely N-dealkylation sites (tertiary alicyclic amines) is 1. The van der Waals surface area contributed by atoms with Crippen molar-refractivity contribution in [3.8, 4) is 0 Å². The molecule has 1 aliphatic rings. The summed E-state index contributed by atoms with van der Waals surface area (Å²) >= 11 is 0. The molecule has 3 heterocycles. The second-order valence-corrected chi connectivity index (χ2v) is 10.7. The third-order valence-corrected chi connectivity index (χ3v) is 7.50. The minimum atomic E-state index is -1.18. The van der Waals surface area contributed by atoms with E-state index in [4.69, 9.17) is 4.74 Å². The molecule has 0 radical (unpaired) electrons. The number of hydrogen-bond donors (Lipinski definition) is 1. The number of nitrogens with zero attached hydrogens (tertiary/aromatic N) is 4. The topological polar surface area (TPSA) is 94.8 Å². The number of aliphatic carboxylic acids is 1. The first-order chi connectivity index (χ1) is 18.9. The zero-order valence-electron chi connectivity index (χ0n) is 23.6. The number of nitrogens with one attached hydrogen (secondary N) is 1. The average molecular weight is 550 g/mol. The van der Waals surface area contributed by atoms with Crippen LogP contribution in [0, 0.1) is 0 Å². The minimum Gasteiger partial charge on any atom is -0.549 e. The third kappa shape index (κ3) is 7.30. The number of carboxylic acids is 1. The van der Waals surface area contributed by atoms with Crippen molar-refractivity contribution in [2.24, 2.45) is 0 Å². The van der Waals surface area contributed by atoms with Crippen LogP contribution in [0.3, 0.4) is 0 Å². The number of carbonyl (C=O) groups is 1. The third-order valence-electron chi connectivity index (χ3n) is 7.50. The molecular formula is C31H36N5NaO3. The van der Waals surface area contributed by atoms with Gasteiger partial charge in [0.15, 0.2) is 5.65 Å². The maximum absolute atomic E-state index is 11.4. The number of ether oxygens (including phenoxy) is 1. The molecule has 0 spiro atoms. The number of carboxylic acid groups (broad SMARTS) is 1. The van der Waals surface area contributed by atoms with Crippen LogP contribution in [0.1, 0.15) is 56.0 Å². The van der Waals surface area contributed by atoms with E-state index >= 15 is 0 Å². The maximum Gasteiger partial charge on any atom is 1.00 e. The van der Waals surface area contributed by atoms with Gasteiger partial charge >= 0.3 is 29.6 Å². The van der Waals surface area contributed by atoms with Crippen LogP contribution in [-0.2, 0) is 14.9 Å². The Hall–Kier alpha value is -2.75. The van der Waals surface area contributed by atoms with Gasteiger partial charge in [-0.2, -0.15) is 0 Å². The van der Waals surface area contributed by atoms with Gasteiger partial charge in [0.1, 0.15) is 11.9 Å². The van der Waals surface area contributed by atoms with Gasteiger partial charge in [-0.15, -0.1) is 5.10 Å². The molecule has 0 aliphatic carbocycles. The predicted molar refractivity (Wildman–Crippen MR) is 149 cm³/mol. The van der Waals surface area contributed by atoms with Crippen LogP contribution >= 0.6 is 0 Å². The molecule has 2 aromatic heterocycles. The Morgan fingerprint density at radius 1 is 1.02 bits per heavy atom. The average Bonchev–Trinajstić information content (AvgIpc) is 3.40. The first-order valence-corrected chi connectivity index (χ1v) is 13.7. The fourth-order valence-corrected chi connectivity index (χ4v) is 4.97. The van der Waals surface area contributed by atoms with Gasteiger partial charge in [0.25, 0.3) is 0 Å². The van der Waals surface area contributed by atoms with Gasteiger partial charge in [-0.05, 0) is 62.9 Å². The summed E-state index contributed by atoms with van der Waals surface area (Å²) in [7, 11) is 0. The van der Waals surface area contributed by atoms with Crippen molar-refractivity contribution < 1.29 is 44.2 Å². The normalized spacial score (nSPS) is 14.8. The second kappa shape index (κ2) is 13.7. The van der Waals surface area contributed by atoms with E-state index < -0.39 is 11.4 Å². The molecule has 1 aliphatic heterocycles. The molecule has 204 valence electrons. The standard InChI is InChI=1S/C31H37N5O3.Na/c1-31(2,30(37)38)26-22-36-28(33-26)15-14-27(34-36)32-18-9-19-35-20-16-25(17-21-35)39-29(23-10-5-3-6-11-23)24-12-7-4-8-13-24;/h3-8,10-15,22,25,29H,9,16-21H2,1-2H3,(H,32,34)(H,37,38);/q;+1/p-1. The van der Waals surface area contributed by atoms with E-state index in [1.807, 2.05) is 24.3 Å². The first-order valence-electron chi connectivity index (χ1n) is 13.7. The number of anilines is 1. The zero-order valence-corrected chi connectivity index (χ0v) is 25.6. The Bertz CT molecular complexity index is 1330. The summed E-state index contributed by atoms with van der Waals surface area (Å²) in [5.74, 6) is -0.426. The summed E-state index contributed by atoms with van der Waals surface area (Å²) in [5, 5.41) is 19.4. The molecule has 0 unspecified atom stereocenters. The molecule has 8 nitrogen and oxygen atoms in total. The molecule has 1 N–H and O–H groups in total. The van der Waals surface area contributed by atoms with E-state index in [-0.39, 0.29) is 41.8 Å². The number of rotatable bonds is 11. The van der Waals surface area contributed by atoms with E-state index in [1.54, 1.807) is 24.6 Å². The summed E-state index contributed by atoms with van der Waals surface area (Å²) in [6.07, 6.45) is 4.89. The van der Waals surface area contributed by atoms with Gasteiger partial charge in [-0.1, -0.05) is 60.7 Å². The van der Waals surface area contributed by atoms with Crippen LogP contribution in [0.15, 0.2) is 79.0 Å². The van der Waals surface area contributed by atoms with E-state index in [2.05, 4.69) is 68.8 Å². The number of carbonyl (C=O) groups excluding carboxylic acids is 1.